The number of hydrogen-bond donors (Lipinski definition) is 0. The Morgan fingerprint density at radius 1 is 1.20 bits per heavy atom. The minimum atomic E-state index is -0.469. The molecule has 0 aromatic carbocycles. The van der Waals surface area contributed by atoms with E-state index in [1.54, 1.807) is 0 Å². The Morgan fingerprint density at radius 3 is 2.70 bits per heavy atom. The smallest absolute Gasteiger partial charge is 0.306 e. The Kier molecular flexibility index (Phi) is 4.67. The molecule has 162 valence electrons. The first-order valence-corrected chi connectivity index (χ1v) is 12.4. The third-order valence-electron chi connectivity index (χ3n) is 9.33. The summed E-state index contributed by atoms with van der Waals surface area (Å²) in [6.07, 6.45) is 12.7. The number of ether oxygens (including phenoxy) is 1. The molecule has 1 spiro atoms. The van der Waals surface area contributed by atoms with Gasteiger partial charge in [-0.2, -0.15) is 0 Å². The molecule has 4 nitrogen and oxygen atoms in total. The Balaban J connectivity index is 1.56. The molecule has 1 saturated heterocycles. The normalized spacial score (nSPS) is 46.8. The van der Waals surface area contributed by atoms with E-state index >= 15 is 0 Å². The van der Waals surface area contributed by atoms with E-state index in [-0.39, 0.29) is 32.9 Å². The fourth-order valence-corrected chi connectivity index (χ4v) is 8.82. The highest BCUT2D eigenvalue weighted by atomic mass is 32.2. The Bertz CT molecular complexity index is 874. The fraction of sp³-hybridized carbons (Fsp3) is 0.720. The van der Waals surface area contributed by atoms with Crippen LogP contribution in [0.3, 0.4) is 0 Å². The van der Waals surface area contributed by atoms with Crippen LogP contribution in [0.15, 0.2) is 23.8 Å². The van der Waals surface area contributed by atoms with Gasteiger partial charge in [-0.15, -0.1) is 0 Å². The van der Waals surface area contributed by atoms with Crippen molar-refractivity contribution in [2.24, 2.45) is 28.6 Å². The molecule has 1 heterocycles. The molecule has 5 heteroatoms. The second-order valence-electron chi connectivity index (χ2n) is 10.5. The van der Waals surface area contributed by atoms with Crippen molar-refractivity contribution in [1.29, 1.82) is 0 Å². The molecule has 0 bridgehead atoms. The number of carbonyl (C=O) groups is 3. The molecule has 4 aliphatic carbocycles. The van der Waals surface area contributed by atoms with Crippen LogP contribution in [0.1, 0.15) is 72.1 Å². The molecule has 2 saturated carbocycles. The van der Waals surface area contributed by atoms with Gasteiger partial charge in [0.05, 0.1) is 0 Å². The van der Waals surface area contributed by atoms with E-state index in [0.29, 0.717) is 37.0 Å². The zero-order valence-electron chi connectivity index (χ0n) is 18.2. The molecule has 1 unspecified atom stereocenters. The number of esters is 1. The van der Waals surface area contributed by atoms with Gasteiger partial charge in [-0.25, -0.2) is 0 Å². The predicted octanol–water partition coefficient (Wildman–Crippen LogP) is 5.02. The van der Waals surface area contributed by atoms with E-state index in [9.17, 15) is 14.4 Å². The quantitative estimate of drug-likeness (QED) is 0.457. The van der Waals surface area contributed by atoms with Crippen LogP contribution >= 0.6 is 11.8 Å². The fourth-order valence-electron chi connectivity index (χ4n) is 7.54. The van der Waals surface area contributed by atoms with Gasteiger partial charge in [-0.1, -0.05) is 44.2 Å². The first-order valence-electron chi connectivity index (χ1n) is 11.6. The molecule has 7 atom stereocenters. The summed E-state index contributed by atoms with van der Waals surface area (Å²) in [5, 5.41) is 0.426. The van der Waals surface area contributed by atoms with Gasteiger partial charge in [0, 0.05) is 36.3 Å². The van der Waals surface area contributed by atoms with Gasteiger partial charge in [-0.05, 0) is 61.0 Å². The highest BCUT2D eigenvalue weighted by molar-refractivity contribution is 8.14. The molecular formula is C25H32O4S. The predicted molar refractivity (Wildman–Crippen MR) is 117 cm³/mol. The Labute approximate surface area is 183 Å². The van der Waals surface area contributed by atoms with E-state index in [1.807, 2.05) is 13.0 Å². The molecule has 3 fully saturated rings. The van der Waals surface area contributed by atoms with Gasteiger partial charge < -0.3 is 4.74 Å². The average molecular weight is 429 g/mol. The standard InChI is InChI=1S/C25H32O4S/c1-4-21(28)30-19-14-15-13-16(26)5-9-23(15,2)17-6-10-24(3)18(22(17)19)7-11-25(24)12-8-20(27)29-25/h7,11,13,17-19,22H,4-6,8-10,12,14H2,1-3H3/t17-,18-,19+,22+,23-,24-,25?/m0/s1. The van der Waals surface area contributed by atoms with E-state index < -0.39 is 5.60 Å². The van der Waals surface area contributed by atoms with E-state index in [2.05, 4.69) is 26.0 Å². The van der Waals surface area contributed by atoms with Crippen LogP contribution in [0.4, 0.5) is 0 Å². The zero-order valence-corrected chi connectivity index (χ0v) is 19.1. The zero-order chi connectivity index (χ0) is 21.3. The van der Waals surface area contributed by atoms with Crippen molar-refractivity contribution in [3.63, 3.8) is 0 Å². The van der Waals surface area contributed by atoms with Gasteiger partial charge in [0.15, 0.2) is 10.9 Å². The largest absolute Gasteiger partial charge is 0.454 e. The highest BCUT2D eigenvalue weighted by Gasteiger charge is 2.66. The van der Waals surface area contributed by atoms with Crippen molar-refractivity contribution in [3.8, 4) is 0 Å². The highest BCUT2D eigenvalue weighted by Crippen LogP contribution is 2.68. The van der Waals surface area contributed by atoms with E-state index in [4.69, 9.17) is 4.74 Å². The summed E-state index contributed by atoms with van der Waals surface area (Å²) in [6, 6.07) is 0. The Morgan fingerprint density at radius 2 is 2.00 bits per heavy atom. The van der Waals surface area contributed by atoms with Crippen molar-refractivity contribution >= 4 is 28.6 Å². The molecule has 0 amide bonds. The summed E-state index contributed by atoms with van der Waals surface area (Å²) in [6.45, 7) is 6.60. The minimum Gasteiger partial charge on any atom is -0.454 e. The van der Waals surface area contributed by atoms with Gasteiger partial charge >= 0.3 is 5.97 Å². The summed E-state index contributed by atoms with van der Waals surface area (Å²) in [5.74, 6) is 1.30. The monoisotopic (exact) mass is 428 g/mol. The molecule has 0 N–H and O–H groups in total. The first-order chi connectivity index (χ1) is 14.2. The van der Waals surface area contributed by atoms with Crippen molar-refractivity contribution in [2.45, 2.75) is 83.0 Å². The topological polar surface area (TPSA) is 60.4 Å². The van der Waals surface area contributed by atoms with Crippen LogP contribution in [0.2, 0.25) is 0 Å². The van der Waals surface area contributed by atoms with Crippen LogP contribution in [-0.2, 0) is 19.1 Å². The summed E-state index contributed by atoms with van der Waals surface area (Å²) >= 11 is 1.51. The number of rotatable bonds is 2. The molecular weight excluding hydrogens is 396 g/mol. The number of carbonyl (C=O) groups excluding carboxylic acids is 3. The average Bonchev–Trinajstić information content (AvgIpc) is 3.23. The van der Waals surface area contributed by atoms with Gasteiger partial charge in [-0.3, -0.25) is 14.4 Å². The lowest BCUT2D eigenvalue weighted by atomic mass is 9.46. The lowest BCUT2D eigenvalue weighted by Crippen LogP contribution is -2.58. The summed E-state index contributed by atoms with van der Waals surface area (Å²) in [4.78, 5) is 36.8. The molecule has 5 aliphatic rings. The van der Waals surface area contributed by atoms with Crippen LogP contribution in [0.5, 0.6) is 0 Å². The second kappa shape index (κ2) is 6.82. The first kappa shape index (κ1) is 20.5. The van der Waals surface area contributed by atoms with Crippen LogP contribution in [0.25, 0.3) is 0 Å². The molecule has 0 aromatic heterocycles. The number of thioether (sulfide) groups is 1. The number of fused-ring (bicyclic) bond motifs is 6. The van der Waals surface area contributed by atoms with Gasteiger partial charge in [0.1, 0.15) is 5.60 Å². The maximum absolute atomic E-state index is 12.5. The number of ketones is 1. The van der Waals surface area contributed by atoms with E-state index in [1.165, 1.54) is 17.3 Å². The summed E-state index contributed by atoms with van der Waals surface area (Å²) in [7, 11) is 0. The van der Waals surface area contributed by atoms with Crippen LogP contribution < -0.4 is 0 Å². The second-order valence-corrected chi connectivity index (χ2v) is 11.8. The third kappa shape index (κ3) is 2.69. The molecule has 0 aromatic rings. The van der Waals surface area contributed by atoms with Crippen LogP contribution in [0, 0.1) is 28.6 Å². The molecule has 0 radical (unpaired) electrons. The van der Waals surface area contributed by atoms with Crippen LogP contribution in [-0.4, -0.2) is 27.7 Å². The Hall–Kier alpha value is -1.36. The van der Waals surface area contributed by atoms with Gasteiger partial charge in [0.2, 0.25) is 0 Å². The number of hydrogen-bond acceptors (Lipinski definition) is 5. The molecule has 30 heavy (non-hydrogen) atoms. The number of allylic oxidation sites excluding steroid dienone is 3. The van der Waals surface area contributed by atoms with E-state index in [0.717, 1.165) is 32.1 Å². The van der Waals surface area contributed by atoms with Crippen molar-refractivity contribution in [1.82, 2.24) is 0 Å². The molecule has 5 rings (SSSR count). The van der Waals surface area contributed by atoms with Gasteiger partial charge in [0.25, 0.3) is 0 Å². The summed E-state index contributed by atoms with van der Waals surface area (Å²) in [5.41, 5.74) is 0.746. The third-order valence-corrected chi connectivity index (χ3v) is 10.7. The molecule has 1 aliphatic heterocycles. The maximum Gasteiger partial charge on any atom is 0.306 e. The maximum atomic E-state index is 12.5. The lowest BCUT2D eigenvalue weighted by molar-refractivity contribution is -0.162. The SMILES string of the molecule is CCC(=O)S[C@@H]1CC2=CC(=O)CC[C@]2(C)[C@H]2CC[C@@]3(C)[C@@H](C=CC34CCC(=O)O4)[C@H]12. The van der Waals surface area contributed by atoms with Crippen molar-refractivity contribution < 1.29 is 19.1 Å². The van der Waals surface area contributed by atoms with Crippen molar-refractivity contribution in [2.75, 3.05) is 0 Å². The summed E-state index contributed by atoms with van der Waals surface area (Å²) < 4.78 is 5.99. The minimum absolute atomic E-state index is 0.0438. The lowest BCUT2D eigenvalue weighted by Gasteiger charge is -2.61. The van der Waals surface area contributed by atoms with Crippen molar-refractivity contribution in [3.05, 3.63) is 23.8 Å².